The fourth-order valence-electron chi connectivity index (χ4n) is 0.863. The van der Waals surface area contributed by atoms with Crippen molar-refractivity contribution >= 4 is 5.84 Å². The highest BCUT2D eigenvalue weighted by Crippen LogP contribution is 2.07. The van der Waals surface area contributed by atoms with Crippen LogP contribution in [0.1, 0.15) is 20.8 Å². The first-order chi connectivity index (χ1) is 4.48. The number of ether oxygens (including phenoxy) is 1. The number of amidine groups is 1. The topological polar surface area (TPSA) is 47.6 Å². The average molecular weight is 144 g/mol. The second-order valence-electron chi connectivity index (χ2n) is 3.00. The normalized spacial score (nSPS) is 13.8. The molecule has 3 nitrogen and oxygen atoms in total. The van der Waals surface area contributed by atoms with Crippen molar-refractivity contribution in [1.29, 1.82) is 0 Å². The van der Waals surface area contributed by atoms with Crippen molar-refractivity contribution in [3.63, 3.8) is 0 Å². The summed E-state index contributed by atoms with van der Waals surface area (Å²) in [5, 5.41) is 0. The first kappa shape index (κ1) is 9.43. The largest absolute Gasteiger partial charge is 0.388 e. The highest BCUT2D eigenvalue weighted by Gasteiger charge is 2.14. The average Bonchev–Trinajstić information content (AvgIpc) is 1.59. The van der Waals surface area contributed by atoms with Crippen molar-refractivity contribution in [1.82, 2.24) is 0 Å². The molecule has 0 rings (SSSR count). The van der Waals surface area contributed by atoms with Crippen molar-refractivity contribution in [2.75, 3.05) is 13.7 Å². The SMILES string of the molecule is COCC(C)(C)N=C(C)N. The Morgan fingerprint density at radius 1 is 1.60 bits per heavy atom. The van der Waals surface area contributed by atoms with Crippen LogP contribution in [0.15, 0.2) is 4.99 Å². The smallest absolute Gasteiger partial charge is 0.0913 e. The van der Waals surface area contributed by atoms with Crippen LogP contribution in [0.2, 0.25) is 0 Å². The minimum Gasteiger partial charge on any atom is -0.388 e. The first-order valence-electron chi connectivity index (χ1n) is 3.29. The van der Waals surface area contributed by atoms with Crippen LogP contribution in [0.3, 0.4) is 0 Å². The number of nitrogens with two attached hydrogens (primary N) is 1. The van der Waals surface area contributed by atoms with E-state index in [4.69, 9.17) is 10.5 Å². The molecule has 0 amide bonds. The standard InChI is InChI=1S/C7H16N2O/c1-6(8)9-7(2,3)5-10-4/h5H2,1-4H3,(H2,8,9). The van der Waals surface area contributed by atoms with Crippen LogP contribution >= 0.6 is 0 Å². The molecule has 10 heavy (non-hydrogen) atoms. The summed E-state index contributed by atoms with van der Waals surface area (Å²) in [5.41, 5.74) is 5.22. The predicted octanol–water partition coefficient (Wildman–Crippen LogP) is 0.788. The van der Waals surface area contributed by atoms with Crippen LogP contribution in [0.5, 0.6) is 0 Å². The highest BCUT2D eigenvalue weighted by molar-refractivity contribution is 5.77. The van der Waals surface area contributed by atoms with Crippen molar-refractivity contribution in [3.8, 4) is 0 Å². The molecule has 0 aromatic rings. The lowest BCUT2D eigenvalue weighted by Gasteiger charge is -2.18. The Labute approximate surface area is 62.3 Å². The molecular formula is C7H16N2O. The number of hydrogen-bond donors (Lipinski definition) is 1. The van der Waals surface area contributed by atoms with Gasteiger partial charge in [0.05, 0.1) is 18.0 Å². The van der Waals surface area contributed by atoms with Gasteiger partial charge in [0.1, 0.15) is 0 Å². The minimum absolute atomic E-state index is 0.187. The molecule has 0 unspecified atom stereocenters. The monoisotopic (exact) mass is 144 g/mol. The summed E-state index contributed by atoms with van der Waals surface area (Å²) in [6.07, 6.45) is 0. The van der Waals surface area contributed by atoms with Crippen LogP contribution in [-0.2, 0) is 4.74 Å². The van der Waals surface area contributed by atoms with Gasteiger partial charge < -0.3 is 10.5 Å². The van der Waals surface area contributed by atoms with Crippen LogP contribution in [0.25, 0.3) is 0 Å². The molecule has 0 aliphatic rings. The fourth-order valence-corrected chi connectivity index (χ4v) is 0.863. The second-order valence-corrected chi connectivity index (χ2v) is 3.00. The Morgan fingerprint density at radius 3 is 2.40 bits per heavy atom. The van der Waals surface area contributed by atoms with Gasteiger partial charge >= 0.3 is 0 Å². The zero-order valence-corrected chi connectivity index (χ0v) is 7.14. The maximum Gasteiger partial charge on any atom is 0.0913 e. The lowest BCUT2D eigenvalue weighted by molar-refractivity contribution is 0.150. The lowest BCUT2D eigenvalue weighted by atomic mass is 10.1. The molecule has 0 aliphatic heterocycles. The molecule has 0 aromatic heterocycles. The van der Waals surface area contributed by atoms with Crippen molar-refractivity contribution in [2.45, 2.75) is 26.3 Å². The molecule has 0 bridgehead atoms. The highest BCUT2D eigenvalue weighted by atomic mass is 16.5. The molecule has 0 aromatic carbocycles. The third kappa shape index (κ3) is 4.32. The molecule has 60 valence electrons. The molecule has 0 radical (unpaired) electrons. The van der Waals surface area contributed by atoms with Crippen LogP contribution in [0, 0.1) is 0 Å². The number of aliphatic imine (C=N–C) groups is 1. The molecule has 3 heteroatoms. The van der Waals surface area contributed by atoms with Crippen LogP contribution in [-0.4, -0.2) is 25.1 Å². The summed E-state index contributed by atoms with van der Waals surface area (Å²) >= 11 is 0. The summed E-state index contributed by atoms with van der Waals surface area (Å²) in [5.74, 6) is 0.599. The lowest BCUT2D eigenvalue weighted by Crippen LogP contribution is -2.26. The summed E-state index contributed by atoms with van der Waals surface area (Å²) in [4.78, 5) is 4.17. The molecule has 0 saturated heterocycles. The zero-order valence-electron chi connectivity index (χ0n) is 7.14. The van der Waals surface area contributed by atoms with Crippen molar-refractivity contribution in [3.05, 3.63) is 0 Å². The Balaban J connectivity index is 3.98. The predicted molar refractivity (Wildman–Crippen MR) is 43.3 cm³/mol. The van der Waals surface area contributed by atoms with Crippen LogP contribution < -0.4 is 5.73 Å². The van der Waals surface area contributed by atoms with E-state index < -0.39 is 0 Å². The summed E-state index contributed by atoms with van der Waals surface area (Å²) in [7, 11) is 1.66. The number of hydrogen-bond acceptors (Lipinski definition) is 2. The number of nitrogens with zero attached hydrogens (tertiary/aromatic N) is 1. The van der Waals surface area contributed by atoms with E-state index in [0.29, 0.717) is 12.4 Å². The Kier molecular flexibility index (Phi) is 3.36. The van der Waals surface area contributed by atoms with Gasteiger partial charge in [0.15, 0.2) is 0 Å². The van der Waals surface area contributed by atoms with Gasteiger partial charge in [0.25, 0.3) is 0 Å². The number of rotatable bonds is 3. The van der Waals surface area contributed by atoms with E-state index in [1.165, 1.54) is 0 Å². The fraction of sp³-hybridized carbons (Fsp3) is 0.857. The van der Waals surface area contributed by atoms with E-state index in [1.807, 2.05) is 13.8 Å². The summed E-state index contributed by atoms with van der Waals surface area (Å²) in [6, 6.07) is 0. The number of methoxy groups -OCH3 is 1. The quantitative estimate of drug-likeness (QED) is 0.470. The van der Waals surface area contributed by atoms with E-state index in [-0.39, 0.29) is 5.54 Å². The van der Waals surface area contributed by atoms with Gasteiger partial charge in [-0.05, 0) is 20.8 Å². The Morgan fingerprint density at radius 2 is 2.10 bits per heavy atom. The van der Waals surface area contributed by atoms with Gasteiger partial charge in [0.2, 0.25) is 0 Å². The Bertz CT molecular complexity index is 126. The molecule has 0 saturated carbocycles. The van der Waals surface area contributed by atoms with Gasteiger partial charge in [0, 0.05) is 7.11 Å². The molecule has 0 fully saturated rings. The molecule has 0 spiro atoms. The van der Waals surface area contributed by atoms with Gasteiger partial charge in [-0.3, -0.25) is 4.99 Å². The minimum atomic E-state index is -0.187. The van der Waals surface area contributed by atoms with E-state index in [9.17, 15) is 0 Å². The maximum atomic E-state index is 5.40. The molecule has 0 atom stereocenters. The van der Waals surface area contributed by atoms with Crippen molar-refractivity contribution in [2.24, 2.45) is 10.7 Å². The van der Waals surface area contributed by atoms with Gasteiger partial charge in [-0.1, -0.05) is 0 Å². The van der Waals surface area contributed by atoms with Crippen molar-refractivity contribution < 1.29 is 4.74 Å². The molecule has 2 N–H and O–H groups in total. The van der Waals surface area contributed by atoms with Gasteiger partial charge in [-0.25, -0.2) is 0 Å². The maximum absolute atomic E-state index is 5.40. The van der Waals surface area contributed by atoms with E-state index in [1.54, 1.807) is 14.0 Å². The van der Waals surface area contributed by atoms with Gasteiger partial charge in [-0.2, -0.15) is 0 Å². The molecular weight excluding hydrogens is 128 g/mol. The zero-order chi connectivity index (χ0) is 8.20. The van der Waals surface area contributed by atoms with E-state index in [0.717, 1.165) is 0 Å². The first-order valence-corrected chi connectivity index (χ1v) is 3.29. The van der Waals surface area contributed by atoms with Gasteiger partial charge in [-0.15, -0.1) is 0 Å². The summed E-state index contributed by atoms with van der Waals surface area (Å²) < 4.78 is 4.94. The van der Waals surface area contributed by atoms with Crippen LogP contribution in [0.4, 0.5) is 0 Å². The van der Waals surface area contributed by atoms with E-state index >= 15 is 0 Å². The second kappa shape index (κ2) is 3.56. The third-order valence-corrected chi connectivity index (χ3v) is 0.977. The molecule has 0 heterocycles. The Hall–Kier alpha value is -0.570. The summed E-state index contributed by atoms with van der Waals surface area (Å²) in [6.45, 7) is 6.33. The van der Waals surface area contributed by atoms with E-state index in [2.05, 4.69) is 4.99 Å². The third-order valence-electron chi connectivity index (χ3n) is 0.977. The molecule has 0 aliphatic carbocycles.